The van der Waals surface area contributed by atoms with E-state index >= 15 is 0 Å². The predicted molar refractivity (Wildman–Crippen MR) is 118 cm³/mol. The van der Waals surface area contributed by atoms with E-state index < -0.39 is 22.1 Å². The summed E-state index contributed by atoms with van der Waals surface area (Å²) < 4.78 is 4.14. The van der Waals surface area contributed by atoms with Crippen molar-refractivity contribution in [2.24, 2.45) is 11.8 Å². The molecule has 3 amide bonds. The summed E-state index contributed by atoms with van der Waals surface area (Å²) in [7, 11) is 0. The molecule has 1 aromatic heterocycles. The van der Waals surface area contributed by atoms with Crippen LogP contribution < -0.4 is 5.32 Å². The summed E-state index contributed by atoms with van der Waals surface area (Å²) in [6, 6.07) is 17.5. The number of rotatable bonds is 3. The Morgan fingerprint density at radius 3 is 2.31 bits per heavy atom. The molecule has 3 aromatic rings. The lowest BCUT2D eigenvalue weighted by atomic mass is 9.55. The van der Waals surface area contributed by atoms with Crippen LogP contribution in [0.2, 0.25) is 0 Å². The van der Waals surface area contributed by atoms with E-state index in [1.54, 1.807) is 13.0 Å². The summed E-state index contributed by atoms with van der Waals surface area (Å²) in [5, 5.41) is 6.33. The first-order valence-electron chi connectivity index (χ1n) is 10.4. The number of aryl methyl sites for hydroxylation is 1. The minimum atomic E-state index is -0.819. The SMILES string of the molecule is Cc1cc(NC(=O)CN2C(=O)[C@@H]3C4c5ccccc5C(Br)(c5ccccc54)[C@@H]3C2=O)no1. The molecule has 32 heavy (non-hydrogen) atoms. The van der Waals surface area contributed by atoms with Crippen LogP contribution >= 0.6 is 15.9 Å². The number of benzene rings is 2. The zero-order chi connectivity index (χ0) is 22.2. The number of amides is 3. The van der Waals surface area contributed by atoms with Gasteiger partial charge in [0.15, 0.2) is 5.82 Å². The Labute approximate surface area is 191 Å². The molecule has 2 aromatic carbocycles. The Morgan fingerprint density at radius 1 is 1.09 bits per heavy atom. The zero-order valence-electron chi connectivity index (χ0n) is 17.0. The summed E-state index contributed by atoms with van der Waals surface area (Å²) in [4.78, 5) is 40.9. The molecule has 2 bridgehead atoms. The number of imide groups is 1. The normalized spacial score (nSPS) is 27.2. The maximum Gasteiger partial charge on any atom is 0.245 e. The quantitative estimate of drug-likeness (QED) is 0.448. The fraction of sp³-hybridized carbons (Fsp3) is 0.250. The van der Waals surface area contributed by atoms with Gasteiger partial charge in [0, 0.05) is 12.0 Å². The molecule has 160 valence electrons. The van der Waals surface area contributed by atoms with E-state index in [-0.39, 0.29) is 30.1 Å². The van der Waals surface area contributed by atoms with Gasteiger partial charge >= 0.3 is 0 Å². The third-order valence-electron chi connectivity index (χ3n) is 6.80. The number of hydrogen-bond donors (Lipinski definition) is 1. The van der Waals surface area contributed by atoms with Gasteiger partial charge in [0.2, 0.25) is 17.7 Å². The van der Waals surface area contributed by atoms with Crippen molar-refractivity contribution in [2.45, 2.75) is 17.2 Å². The van der Waals surface area contributed by atoms with Crippen molar-refractivity contribution in [1.29, 1.82) is 0 Å². The number of alkyl halides is 1. The summed E-state index contributed by atoms with van der Waals surface area (Å²) >= 11 is 3.93. The number of carbonyl (C=O) groups excluding carboxylic acids is 3. The third-order valence-corrected chi connectivity index (χ3v) is 8.15. The number of nitrogens with zero attached hydrogens (tertiary/aromatic N) is 2. The molecule has 0 unspecified atom stereocenters. The Hall–Kier alpha value is -3.26. The lowest BCUT2D eigenvalue weighted by Gasteiger charge is -2.51. The van der Waals surface area contributed by atoms with Crippen LogP contribution in [0.15, 0.2) is 59.1 Å². The van der Waals surface area contributed by atoms with Crippen LogP contribution in [0.3, 0.4) is 0 Å². The molecule has 3 aliphatic carbocycles. The van der Waals surface area contributed by atoms with Crippen LogP contribution in [0.1, 0.15) is 33.9 Å². The van der Waals surface area contributed by atoms with Gasteiger partial charge in [-0.25, -0.2) is 0 Å². The van der Waals surface area contributed by atoms with Crippen molar-refractivity contribution in [3.8, 4) is 0 Å². The largest absolute Gasteiger partial charge is 0.360 e. The van der Waals surface area contributed by atoms with Crippen LogP contribution in [0.4, 0.5) is 5.82 Å². The standard InChI is InChI=1S/C24H18BrN3O4/c1-12-10-17(27-32-12)26-18(29)11-28-22(30)20-19-13-6-2-4-8-15(13)24(25,21(20)23(28)31)16-9-5-3-7-14(16)19/h2-10,19-21H,11H2,1H3,(H,26,27,29)/t19?,20-,21+,24?/m1/s1. The second-order valence-electron chi connectivity index (χ2n) is 8.50. The molecule has 0 spiro atoms. The van der Waals surface area contributed by atoms with Crippen LogP contribution in [0.5, 0.6) is 0 Å². The van der Waals surface area contributed by atoms with Crippen LogP contribution in [-0.4, -0.2) is 34.3 Å². The van der Waals surface area contributed by atoms with Crippen LogP contribution in [0, 0.1) is 18.8 Å². The number of nitrogens with one attached hydrogen (secondary N) is 1. The molecule has 8 heteroatoms. The lowest BCUT2D eigenvalue weighted by molar-refractivity contribution is -0.142. The van der Waals surface area contributed by atoms with Crippen LogP contribution in [0.25, 0.3) is 0 Å². The average Bonchev–Trinajstić information content (AvgIpc) is 3.31. The first-order chi connectivity index (χ1) is 15.4. The zero-order valence-corrected chi connectivity index (χ0v) is 18.6. The number of hydrogen-bond acceptors (Lipinski definition) is 5. The molecule has 7 rings (SSSR count). The van der Waals surface area contributed by atoms with Gasteiger partial charge in [-0.05, 0) is 29.2 Å². The summed E-state index contributed by atoms with van der Waals surface area (Å²) in [5.41, 5.74) is 4.12. The Bertz CT molecular complexity index is 1270. The maximum absolute atomic E-state index is 13.6. The predicted octanol–water partition coefficient (Wildman–Crippen LogP) is 3.32. The highest BCUT2D eigenvalue weighted by atomic mass is 79.9. The Balaban J connectivity index is 1.41. The van der Waals surface area contributed by atoms with Gasteiger partial charge in [0.1, 0.15) is 12.3 Å². The number of likely N-dealkylation sites (tertiary alicyclic amines) is 1. The summed E-state index contributed by atoms with van der Waals surface area (Å²) in [5.74, 6) is -1.75. The van der Waals surface area contributed by atoms with E-state index in [1.807, 2.05) is 48.5 Å². The van der Waals surface area contributed by atoms with Crippen molar-refractivity contribution < 1.29 is 18.9 Å². The summed E-state index contributed by atoms with van der Waals surface area (Å²) in [6.07, 6.45) is 0. The molecular formula is C24H18BrN3O4. The van der Waals surface area contributed by atoms with Gasteiger partial charge in [0.25, 0.3) is 0 Å². The van der Waals surface area contributed by atoms with E-state index in [2.05, 4.69) is 26.4 Å². The van der Waals surface area contributed by atoms with Gasteiger partial charge < -0.3 is 9.84 Å². The molecule has 1 aliphatic heterocycles. The molecule has 1 saturated heterocycles. The molecule has 0 saturated carbocycles. The van der Waals surface area contributed by atoms with E-state index in [4.69, 9.17) is 4.52 Å². The molecular weight excluding hydrogens is 474 g/mol. The fourth-order valence-corrected chi connectivity index (χ4v) is 6.85. The minimum Gasteiger partial charge on any atom is -0.360 e. The Kier molecular flexibility index (Phi) is 4.02. The lowest BCUT2D eigenvalue weighted by Crippen LogP contribution is -2.50. The molecule has 7 nitrogen and oxygen atoms in total. The molecule has 1 fully saturated rings. The monoisotopic (exact) mass is 491 g/mol. The van der Waals surface area contributed by atoms with Crippen molar-refractivity contribution in [2.75, 3.05) is 11.9 Å². The van der Waals surface area contributed by atoms with E-state index in [9.17, 15) is 14.4 Å². The van der Waals surface area contributed by atoms with Gasteiger partial charge in [-0.3, -0.25) is 19.3 Å². The third kappa shape index (κ3) is 2.41. The highest BCUT2D eigenvalue weighted by molar-refractivity contribution is 9.09. The molecule has 2 atom stereocenters. The molecule has 2 heterocycles. The van der Waals surface area contributed by atoms with Crippen molar-refractivity contribution in [1.82, 2.24) is 10.1 Å². The fourth-order valence-electron chi connectivity index (χ4n) is 5.65. The average molecular weight is 492 g/mol. The number of anilines is 1. The van der Waals surface area contributed by atoms with E-state index in [0.29, 0.717) is 5.76 Å². The first kappa shape index (κ1) is 19.4. The molecule has 4 aliphatic rings. The van der Waals surface area contributed by atoms with E-state index in [1.165, 1.54) is 0 Å². The smallest absolute Gasteiger partial charge is 0.245 e. The van der Waals surface area contributed by atoms with Gasteiger partial charge in [-0.2, -0.15) is 0 Å². The van der Waals surface area contributed by atoms with Gasteiger partial charge in [-0.15, -0.1) is 0 Å². The Morgan fingerprint density at radius 2 is 1.72 bits per heavy atom. The van der Waals surface area contributed by atoms with Crippen LogP contribution in [-0.2, 0) is 18.7 Å². The van der Waals surface area contributed by atoms with Crippen molar-refractivity contribution in [3.63, 3.8) is 0 Å². The second-order valence-corrected chi connectivity index (χ2v) is 9.75. The minimum absolute atomic E-state index is 0.227. The van der Waals surface area contributed by atoms with Crippen molar-refractivity contribution in [3.05, 3.63) is 82.6 Å². The van der Waals surface area contributed by atoms with Gasteiger partial charge in [-0.1, -0.05) is 69.6 Å². The highest BCUT2D eigenvalue weighted by Crippen LogP contribution is 2.66. The van der Waals surface area contributed by atoms with E-state index in [0.717, 1.165) is 27.2 Å². The van der Waals surface area contributed by atoms with Crippen molar-refractivity contribution >= 4 is 39.5 Å². The second kappa shape index (κ2) is 6.62. The molecule has 0 radical (unpaired) electrons. The topological polar surface area (TPSA) is 92.5 Å². The number of aromatic nitrogens is 1. The number of halogens is 1. The first-order valence-corrected chi connectivity index (χ1v) is 11.2. The van der Waals surface area contributed by atoms with Gasteiger partial charge in [0.05, 0.1) is 16.2 Å². The molecule has 1 N–H and O–H groups in total. The maximum atomic E-state index is 13.6. The highest BCUT2D eigenvalue weighted by Gasteiger charge is 2.67. The summed E-state index contributed by atoms with van der Waals surface area (Å²) in [6.45, 7) is 1.35. The number of carbonyl (C=O) groups is 3.